The van der Waals surface area contributed by atoms with E-state index in [1.54, 1.807) is 0 Å². The second-order valence-electron chi connectivity index (χ2n) is 7.07. The first-order chi connectivity index (χ1) is 13.1. The molecule has 1 saturated heterocycles. The lowest BCUT2D eigenvalue weighted by molar-refractivity contribution is -0.125. The summed E-state index contributed by atoms with van der Waals surface area (Å²) in [4.78, 5) is 14.8. The minimum atomic E-state index is 0.143. The summed E-state index contributed by atoms with van der Waals surface area (Å²) >= 11 is 7.82. The third kappa shape index (κ3) is 6.18. The van der Waals surface area contributed by atoms with E-state index in [4.69, 9.17) is 11.6 Å². The van der Waals surface area contributed by atoms with E-state index in [1.807, 2.05) is 30.0 Å². The standard InChI is InChI=1S/C22H27ClN2OS/c1-17-5-7-21(8-6-17)25-12-9-19(10-13-25)22(26)24-11-14-27-16-18-3-2-4-20(23)15-18/h2-8,15,19H,9-14,16H2,1H3,(H,24,26). The van der Waals surface area contributed by atoms with E-state index in [2.05, 4.69) is 47.5 Å². The van der Waals surface area contributed by atoms with Crippen molar-refractivity contribution in [2.24, 2.45) is 5.92 Å². The Bertz CT molecular complexity index is 742. The van der Waals surface area contributed by atoms with Crippen molar-refractivity contribution in [2.45, 2.75) is 25.5 Å². The van der Waals surface area contributed by atoms with Crippen LogP contribution in [0.1, 0.15) is 24.0 Å². The summed E-state index contributed by atoms with van der Waals surface area (Å²) in [6.07, 6.45) is 1.85. The molecule has 3 nitrogen and oxygen atoms in total. The van der Waals surface area contributed by atoms with E-state index in [0.717, 1.165) is 49.0 Å². The average molecular weight is 403 g/mol. The van der Waals surface area contributed by atoms with Crippen LogP contribution in [0.2, 0.25) is 5.02 Å². The minimum absolute atomic E-state index is 0.143. The summed E-state index contributed by atoms with van der Waals surface area (Å²) in [5.74, 6) is 2.19. The lowest BCUT2D eigenvalue weighted by Gasteiger charge is -2.33. The third-order valence-corrected chi connectivity index (χ3v) is 6.23. The normalized spacial score (nSPS) is 15.0. The van der Waals surface area contributed by atoms with Gasteiger partial charge in [-0.1, -0.05) is 41.4 Å². The van der Waals surface area contributed by atoms with Gasteiger partial charge in [-0.3, -0.25) is 4.79 Å². The molecule has 144 valence electrons. The molecule has 1 N–H and O–H groups in total. The largest absolute Gasteiger partial charge is 0.371 e. The van der Waals surface area contributed by atoms with Gasteiger partial charge in [-0.2, -0.15) is 11.8 Å². The Labute approximate surface area is 171 Å². The van der Waals surface area contributed by atoms with Crippen LogP contribution in [-0.4, -0.2) is 31.3 Å². The van der Waals surface area contributed by atoms with Gasteiger partial charge in [0.05, 0.1) is 0 Å². The Balaban J connectivity index is 1.33. The average Bonchev–Trinajstić information content (AvgIpc) is 2.68. The Morgan fingerprint density at radius 3 is 2.63 bits per heavy atom. The molecule has 1 fully saturated rings. The van der Waals surface area contributed by atoms with Crippen molar-refractivity contribution in [3.8, 4) is 0 Å². The number of hydrogen-bond acceptors (Lipinski definition) is 3. The van der Waals surface area contributed by atoms with Gasteiger partial charge in [-0.15, -0.1) is 0 Å². The number of amides is 1. The molecule has 0 bridgehead atoms. The first-order valence-electron chi connectivity index (χ1n) is 9.53. The van der Waals surface area contributed by atoms with Gasteiger partial charge in [0.25, 0.3) is 0 Å². The van der Waals surface area contributed by atoms with Gasteiger partial charge >= 0.3 is 0 Å². The highest BCUT2D eigenvalue weighted by Crippen LogP contribution is 2.24. The highest BCUT2D eigenvalue weighted by atomic mass is 35.5. The van der Waals surface area contributed by atoms with Crippen LogP contribution in [0, 0.1) is 12.8 Å². The predicted molar refractivity (Wildman–Crippen MR) is 117 cm³/mol. The zero-order valence-electron chi connectivity index (χ0n) is 15.8. The summed E-state index contributed by atoms with van der Waals surface area (Å²) in [5.41, 5.74) is 3.76. The molecule has 1 amide bonds. The molecule has 1 heterocycles. The molecule has 27 heavy (non-hydrogen) atoms. The number of hydrogen-bond donors (Lipinski definition) is 1. The lowest BCUT2D eigenvalue weighted by atomic mass is 9.95. The van der Waals surface area contributed by atoms with Crippen molar-refractivity contribution in [3.63, 3.8) is 0 Å². The Hall–Kier alpha value is -1.65. The number of halogens is 1. The molecule has 0 aliphatic carbocycles. The van der Waals surface area contributed by atoms with Crippen LogP contribution in [0.15, 0.2) is 48.5 Å². The van der Waals surface area contributed by atoms with Crippen LogP contribution in [0.3, 0.4) is 0 Å². The van der Waals surface area contributed by atoms with E-state index < -0.39 is 0 Å². The number of carbonyl (C=O) groups is 1. The third-order valence-electron chi connectivity index (χ3n) is 4.97. The molecule has 1 aliphatic heterocycles. The second-order valence-corrected chi connectivity index (χ2v) is 8.61. The molecule has 1 aliphatic rings. The number of carbonyl (C=O) groups excluding carboxylic acids is 1. The Morgan fingerprint density at radius 1 is 1.19 bits per heavy atom. The first-order valence-corrected chi connectivity index (χ1v) is 11.1. The fourth-order valence-corrected chi connectivity index (χ4v) is 4.38. The number of nitrogens with one attached hydrogen (secondary N) is 1. The van der Waals surface area contributed by atoms with Gasteiger partial charge in [0.15, 0.2) is 0 Å². The molecule has 2 aromatic rings. The minimum Gasteiger partial charge on any atom is -0.371 e. The molecular formula is C22H27ClN2OS. The van der Waals surface area contributed by atoms with Crippen molar-refractivity contribution in [1.29, 1.82) is 0 Å². The van der Waals surface area contributed by atoms with Crippen LogP contribution in [-0.2, 0) is 10.5 Å². The van der Waals surface area contributed by atoms with E-state index >= 15 is 0 Å². The fraction of sp³-hybridized carbons (Fsp3) is 0.409. The van der Waals surface area contributed by atoms with Crippen LogP contribution in [0.25, 0.3) is 0 Å². The number of piperidine rings is 1. The molecule has 0 spiro atoms. The van der Waals surface area contributed by atoms with Gasteiger partial charge < -0.3 is 10.2 Å². The predicted octanol–water partition coefficient (Wildman–Crippen LogP) is 4.91. The highest BCUT2D eigenvalue weighted by Gasteiger charge is 2.24. The maximum absolute atomic E-state index is 12.4. The van der Waals surface area contributed by atoms with E-state index in [0.29, 0.717) is 0 Å². The Morgan fingerprint density at radius 2 is 1.93 bits per heavy atom. The van der Waals surface area contributed by atoms with Crippen molar-refractivity contribution in [2.75, 3.05) is 30.3 Å². The van der Waals surface area contributed by atoms with Crippen molar-refractivity contribution < 1.29 is 4.79 Å². The molecule has 0 unspecified atom stereocenters. The van der Waals surface area contributed by atoms with Gasteiger partial charge in [-0.25, -0.2) is 0 Å². The highest BCUT2D eigenvalue weighted by molar-refractivity contribution is 7.98. The molecule has 2 aromatic carbocycles. The summed E-state index contributed by atoms with van der Waals surface area (Å²) in [6, 6.07) is 16.6. The fourth-order valence-electron chi connectivity index (χ4n) is 3.36. The second kappa shape index (κ2) is 10.0. The Kier molecular flexibility index (Phi) is 7.48. The van der Waals surface area contributed by atoms with E-state index in [1.165, 1.54) is 16.8 Å². The molecular weight excluding hydrogens is 376 g/mol. The van der Waals surface area contributed by atoms with E-state index in [9.17, 15) is 4.79 Å². The van der Waals surface area contributed by atoms with Gasteiger partial charge in [0.2, 0.25) is 5.91 Å². The number of benzene rings is 2. The van der Waals surface area contributed by atoms with Crippen molar-refractivity contribution >= 4 is 35.0 Å². The van der Waals surface area contributed by atoms with E-state index in [-0.39, 0.29) is 11.8 Å². The number of aryl methyl sites for hydroxylation is 1. The smallest absolute Gasteiger partial charge is 0.223 e. The summed E-state index contributed by atoms with van der Waals surface area (Å²) in [5, 5.41) is 3.88. The zero-order chi connectivity index (χ0) is 19.1. The molecule has 0 aromatic heterocycles. The van der Waals surface area contributed by atoms with Crippen molar-refractivity contribution in [3.05, 3.63) is 64.7 Å². The zero-order valence-corrected chi connectivity index (χ0v) is 17.4. The van der Waals surface area contributed by atoms with Crippen LogP contribution in [0.4, 0.5) is 5.69 Å². The molecule has 3 rings (SSSR count). The van der Waals surface area contributed by atoms with Crippen LogP contribution >= 0.6 is 23.4 Å². The quantitative estimate of drug-likeness (QED) is 0.667. The monoisotopic (exact) mass is 402 g/mol. The van der Waals surface area contributed by atoms with Gasteiger partial charge in [-0.05, 0) is 49.6 Å². The molecule has 5 heteroatoms. The maximum atomic E-state index is 12.4. The molecule has 0 radical (unpaired) electrons. The topological polar surface area (TPSA) is 32.3 Å². The summed E-state index contributed by atoms with van der Waals surface area (Å²) in [7, 11) is 0. The number of thioether (sulfide) groups is 1. The van der Waals surface area contributed by atoms with Gasteiger partial charge in [0.1, 0.15) is 0 Å². The summed E-state index contributed by atoms with van der Waals surface area (Å²) < 4.78 is 0. The van der Waals surface area contributed by atoms with Crippen LogP contribution in [0.5, 0.6) is 0 Å². The number of rotatable bonds is 7. The maximum Gasteiger partial charge on any atom is 0.223 e. The number of anilines is 1. The molecule has 0 saturated carbocycles. The van der Waals surface area contributed by atoms with Gasteiger partial charge in [0, 0.05) is 47.8 Å². The first kappa shape index (κ1) is 20.1. The lowest BCUT2D eigenvalue weighted by Crippen LogP contribution is -2.41. The van der Waals surface area contributed by atoms with Crippen molar-refractivity contribution in [1.82, 2.24) is 5.32 Å². The van der Waals surface area contributed by atoms with Crippen LogP contribution < -0.4 is 10.2 Å². The molecule has 0 atom stereocenters. The summed E-state index contributed by atoms with van der Waals surface area (Å²) in [6.45, 7) is 4.73. The number of nitrogens with zero attached hydrogens (tertiary/aromatic N) is 1. The SMILES string of the molecule is Cc1ccc(N2CCC(C(=O)NCCSCc3cccc(Cl)c3)CC2)cc1.